The summed E-state index contributed by atoms with van der Waals surface area (Å²) in [5.41, 5.74) is 1.97. The van der Waals surface area contributed by atoms with Gasteiger partial charge >= 0.3 is 0 Å². The number of carbonyl (C=O) groups excluding carboxylic acids is 2. The van der Waals surface area contributed by atoms with Gasteiger partial charge in [0.25, 0.3) is 11.1 Å². The highest BCUT2D eigenvalue weighted by Crippen LogP contribution is 2.32. The standard InChI is InChI=1S/C15H15NO4S/c1-8(2)3-4-10-11(17)5-9(6-12(10)18)7-13-14(19)16-15(20)21-13/h3,5-7,17-18H,4H2,1-2H3,(H,16,19,20). The van der Waals surface area contributed by atoms with E-state index in [1.165, 1.54) is 18.2 Å². The van der Waals surface area contributed by atoms with Crippen LogP contribution in [0.1, 0.15) is 25.0 Å². The monoisotopic (exact) mass is 305 g/mol. The number of hydrogen-bond acceptors (Lipinski definition) is 5. The van der Waals surface area contributed by atoms with E-state index in [2.05, 4.69) is 5.32 Å². The van der Waals surface area contributed by atoms with Crippen molar-refractivity contribution in [2.45, 2.75) is 20.3 Å². The lowest BCUT2D eigenvalue weighted by Crippen LogP contribution is -2.17. The van der Waals surface area contributed by atoms with Crippen LogP contribution in [0.3, 0.4) is 0 Å². The first kappa shape index (κ1) is 15.2. The lowest BCUT2D eigenvalue weighted by molar-refractivity contribution is -0.115. The van der Waals surface area contributed by atoms with E-state index >= 15 is 0 Å². The molecule has 0 aliphatic carbocycles. The predicted molar refractivity (Wildman–Crippen MR) is 82.0 cm³/mol. The quantitative estimate of drug-likeness (QED) is 0.590. The SMILES string of the molecule is CC(C)=CCc1c(O)cc(C=C2SC(=O)NC2=O)cc1O. The van der Waals surface area contributed by atoms with Crippen LogP contribution in [0.25, 0.3) is 6.08 Å². The highest BCUT2D eigenvalue weighted by molar-refractivity contribution is 8.18. The fourth-order valence-corrected chi connectivity index (χ4v) is 2.52. The number of phenolic OH excluding ortho intramolecular Hbond substituents is 2. The van der Waals surface area contributed by atoms with Crippen molar-refractivity contribution in [2.75, 3.05) is 0 Å². The van der Waals surface area contributed by atoms with Crippen LogP contribution in [0, 0.1) is 0 Å². The van der Waals surface area contributed by atoms with Gasteiger partial charge in [-0.1, -0.05) is 11.6 Å². The molecule has 1 saturated heterocycles. The van der Waals surface area contributed by atoms with E-state index < -0.39 is 11.1 Å². The fraction of sp³-hybridized carbons (Fsp3) is 0.200. The number of phenols is 2. The maximum absolute atomic E-state index is 11.4. The number of carbonyl (C=O) groups is 2. The van der Waals surface area contributed by atoms with E-state index in [0.717, 1.165) is 17.3 Å². The van der Waals surface area contributed by atoms with Crippen LogP contribution >= 0.6 is 11.8 Å². The zero-order valence-corrected chi connectivity index (χ0v) is 12.5. The van der Waals surface area contributed by atoms with Crippen LogP contribution in [-0.4, -0.2) is 21.4 Å². The first-order valence-corrected chi connectivity index (χ1v) is 7.11. The van der Waals surface area contributed by atoms with Gasteiger partial charge < -0.3 is 10.2 Å². The minimum Gasteiger partial charge on any atom is -0.507 e. The Morgan fingerprint density at radius 1 is 1.24 bits per heavy atom. The van der Waals surface area contributed by atoms with Crippen molar-refractivity contribution in [1.82, 2.24) is 5.32 Å². The summed E-state index contributed by atoms with van der Waals surface area (Å²) in [5.74, 6) is -0.569. The summed E-state index contributed by atoms with van der Waals surface area (Å²) >= 11 is 0.787. The Balaban J connectivity index is 2.32. The molecule has 1 fully saturated rings. The second-order valence-electron chi connectivity index (χ2n) is 4.88. The van der Waals surface area contributed by atoms with Crippen molar-refractivity contribution >= 4 is 29.0 Å². The summed E-state index contributed by atoms with van der Waals surface area (Å²) in [7, 11) is 0. The van der Waals surface area contributed by atoms with Gasteiger partial charge in [0.05, 0.1) is 4.91 Å². The number of nitrogens with one attached hydrogen (secondary N) is 1. The van der Waals surface area contributed by atoms with Crippen LogP contribution in [0.4, 0.5) is 4.79 Å². The Bertz CT molecular complexity index is 649. The molecule has 6 heteroatoms. The maximum Gasteiger partial charge on any atom is 0.290 e. The minimum atomic E-state index is -0.474. The molecule has 110 valence electrons. The second kappa shape index (κ2) is 6.05. The fourth-order valence-electron chi connectivity index (χ4n) is 1.83. The molecule has 2 rings (SSSR count). The molecule has 1 heterocycles. The molecule has 0 saturated carbocycles. The third-order valence-corrected chi connectivity index (χ3v) is 3.69. The molecule has 5 nitrogen and oxygen atoms in total. The molecule has 0 spiro atoms. The summed E-state index contributed by atoms with van der Waals surface area (Å²) < 4.78 is 0. The third-order valence-electron chi connectivity index (χ3n) is 2.88. The van der Waals surface area contributed by atoms with E-state index in [1.54, 1.807) is 0 Å². The highest BCUT2D eigenvalue weighted by atomic mass is 32.2. The van der Waals surface area contributed by atoms with Gasteiger partial charge in [-0.3, -0.25) is 14.9 Å². The Hall–Kier alpha value is -2.21. The van der Waals surface area contributed by atoms with Gasteiger partial charge in [-0.25, -0.2) is 0 Å². The molecule has 1 aromatic carbocycles. The van der Waals surface area contributed by atoms with Crippen LogP contribution in [0.15, 0.2) is 28.7 Å². The third kappa shape index (κ3) is 3.66. The molecule has 0 radical (unpaired) electrons. The predicted octanol–water partition coefficient (Wildman–Crippen LogP) is 2.93. The minimum absolute atomic E-state index is 0.0471. The number of benzene rings is 1. The molecule has 0 bridgehead atoms. The van der Waals surface area contributed by atoms with Crippen molar-refractivity contribution in [3.8, 4) is 11.5 Å². The Kier molecular flexibility index (Phi) is 4.37. The van der Waals surface area contributed by atoms with Gasteiger partial charge in [-0.05, 0) is 55.8 Å². The molecular weight excluding hydrogens is 290 g/mol. The zero-order chi connectivity index (χ0) is 15.6. The number of hydrogen-bond donors (Lipinski definition) is 3. The van der Waals surface area contributed by atoms with E-state index in [-0.39, 0.29) is 16.4 Å². The van der Waals surface area contributed by atoms with Gasteiger partial charge in [0, 0.05) is 5.56 Å². The van der Waals surface area contributed by atoms with E-state index in [9.17, 15) is 19.8 Å². The van der Waals surface area contributed by atoms with Crippen molar-refractivity contribution < 1.29 is 19.8 Å². The molecule has 0 atom stereocenters. The van der Waals surface area contributed by atoms with Gasteiger partial charge in [0.1, 0.15) is 11.5 Å². The van der Waals surface area contributed by atoms with Crippen LogP contribution in [0.5, 0.6) is 11.5 Å². The van der Waals surface area contributed by atoms with Gasteiger partial charge in [0.15, 0.2) is 0 Å². The van der Waals surface area contributed by atoms with Crippen molar-refractivity contribution in [3.05, 3.63) is 39.8 Å². The van der Waals surface area contributed by atoms with Gasteiger partial charge in [-0.15, -0.1) is 0 Å². The zero-order valence-electron chi connectivity index (χ0n) is 11.6. The first-order chi connectivity index (χ1) is 9.86. The normalized spacial score (nSPS) is 16.2. The number of rotatable bonds is 3. The summed E-state index contributed by atoms with van der Waals surface area (Å²) in [5, 5.41) is 21.7. The van der Waals surface area contributed by atoms with Crippen LogP contribution in [-0.2, 0) is 11.2 Å². The highest BCUT2D eigenvalue weighted by Gasteiger charge is 2.25. The Morgan fingerprint density at radius 2 is 1.86 bits per heavy atom. The molecule has 1 aliphatic heterocycles. The van der Waals surface area contributed by atoms with E-state index in [0.29, 0.717) is 17.5 Å². The molecule has 2 amide bonds. The number of amides is 2. The first-order valence-electron chi connectivity index (χ1n) is 6.30. The summed E-state index contributed by atoms with van der Waals surface area (Å²) in [6.45, 7) is 3.86. The van der Waals surface area contributed by atoms with Crippen molar-refractivity contribution in [3.63, 3.8) is 0 Å². The summed E-state index contributed by atoms with van der Waals surface area (Å²) in [6, 6.07) is 2.91. The van der Waals surface area contributed by atoms with Crippen molar-refractivity contribution in [2.24, 2.45) is 0 Å². The molecule has 1 aromatic rings. The summed E-state index contributed by atoms with van der Waals surface area (Å²) in [6.07, 6.45) is 3.77. The van der Waals surface area contributed by atoms with Crippen LogP contribution < -0.4 is 5.32 Å². The average Bonchev–Trinajstić information content (AvgIpc) is 2.66. The molecule has 0 unspecified atom stereocenters. The van der Waals surface area contributed by atoms with E-state index in [4.69, 9.17) is 0 Å². The second-order valence-corrected chi connectivity index (χ2v) is 5.89. The molecule has 1 aliphatic rings. The molecular formula is C15H15NO4S. The van der Waals surface area contributed by atoms with Crippen LogP contribution in [0.2, 0.25) is 0 Å². The Morgan fingerprint density at radius 3 is 2.33 bits per heavy atom. The van der Waals surface area contributed by atoms with E-state index in [1.807, 2.05) is 19.9 Å². The van der Waals surface area contributed by atoms with Gasteiger partial charge in [0.2, 0.25) is 0 Å². The number of aromatic hydroxyl groups is 2. The number of allylic oxidation sites excluding steroid dienone is 2. The smallest absolute Gasteiger partial charge is 0.290 e. The van der Waals surface area contributed by atoms with Gasteiger partial charge in [-0.2, -0.15) is 0 Å². The average molecular weight is 305 g/mol. The molecule has 0 aromatic heterocycles. The molecule has 3 N–H and O–H groups in total. The molecule has 21 heavy (non-hydrogen) atoms. The Labute approximate surface area is 126 Å². The largest absolute Gasteiger partial charge is 0.507 e. The lowest BCUT2D eigenvalue weighted by atomic mass is 10.0. The number of thioether (sulfide) groups is 1. The summed E-state index contributed by atoms with van der Waals surface area (Å²) in [4.78, 5) is 22.8. The topological polar surface area (TPSA) is 86.6 Å². The maximum atomic E-state index is 11.4. The van der Waals surface area contributed by atoms with Crippen molar-refractivity contribution in [1.29, 1.82) is 0 Å². The number of imide groups is 1. The lowest BCUT2D eigenvalue weighted by Gasteiger charge is -2.07.